The summed E-state index contributed by atoms with van der Waals surface area (Å²) in [5, 5.41) is 3.02. The maximum absolute atomic E-state index is 12.1. The van der Waals surface area contributed by atoms with Crippen LogP contribution in [0.3, 0.4) is 0 Å². The number of allylic oxidation sites excluding steroid dienone is 1. The van der Waals surface area contributed by atoms with Crippen LogP contribution in [0.4, 0.5) is 0 Å². The quantitative estimate of drug-likeness (QED) is 0.345. The molecule has 0 radical (unpaired) electrons. The SMILES string of the molecule is O=C(CN1C(=O)CC1SCc1ccccc1)NCC/C=C/CCc1ccccc1. The van der Waals surface area contributed by atoms with E-state index in [0.717, 1.165) is 25.0 Å². The molecule has 1 heterocycles. The molecule has 0 spiro atoms. The minimum Gasteiger partial charge on any atom is -0.354 e. The number of thioether (sulfide) groups is 1. The van der Waals surface area contributed by atoms with Crippen molar-refractivity contribution in [2.45, 2.75) is 36.8 Å². The van der Waals surface area contributed by atoms with E-state index in [1.807, 2.05) is 24.3 Å². The molecule has 2 aromatic carbocycles. The van der Waals surface area contributed by atoms with Gasteiger partial charge in [0.05, 0.1) is 11.8 Å². The standard InChI is InChI=1S/C24H28N2O2S/c27-22(25-16-10-2-1-5-11-20-12-6-3-7-13-20)18-26-23(28)17-24(26)29-19-21-14-8-4-9-15-21/h1-4,6-9,12-15,24H,5,10-11,16-19H2,(H,25,27)/b2-1+. The van der Waals surface area contributed by atoms with Crippen molar-refractivity contribution in [3.63, 3.8) is 0 Å². The Morgan fingerprint density at radius 1 is 1.00 bits per heavy atom. The second-order valence-corrected chi connectivity index (χ2v) is 8.28. The van der Waals surface area contributed by atoms with Gasteiger partial charge < -0.3 is 10.2 Å². The van der Waals surface area contributed by atoms with Crippen LogP contribution in [0.25, 0.3) is 0 Å². The zero-order valence-corrected chi connectivity index (χ0v) is 17.4. The summed E-state index contributed by atoms with van der Waals surface area (Å²) >= 11 is 1.72. The fourth-order valence-electron chi connectivity index (χ4n) is 3.17. The smallest absolute Gasteiger partial charge is 0.239 e. The summed E-state index contributed by atoms with van der Waals surface area (Å²) in [6.07, 6.45) is 7.63. The maximum Gasteiger partial charge on any atom is 0.239 e. The molecule has 5 heteroatoms. The fourth-order valence-corrected chi connectivity index (χ4v) is 4.38. The molecule has 1 N–H and O–H groups in total. The van der Waals surface area contributed by atoms with Gasteiger partial charge in [-0.1, -0.05) is 72.8 Å². The molecule has 4 nitrogen and oxygen atoms in total. The van der Waals surface area contributed by atoms with Crippen LogP contribution in [0.5, 0.6) is 0 Å². The number of nitrogens with zero attached hydrogens (tertiary/aromatic N) is 1. The summed E-state index contributed by atoms with van der Waals surface area (Å²) in [4.78, 5) is 25.7. The summed E-state index contributed by atoms with van der Waals surface area (Å²) in [5.74, 6) is 0.831. The van der Waals surface area contributed by atoms with E-state index < -0.39 is 0 Å². The van der Waals surface area contributed by atoms with Crippen LogP contribution in [0.1, 0.15) is 30.4 Å². The number of rotatable bonds is 11. The highest BCUT2D eigenvalue weighted by Crippen LogP contribution is 2.31. The second kappa shape index (κ2) is 11.5. The van der Waals surface area contributed by atoms with Gasteiger partial charge >= 0.3 is 0 Å². The Morgan fingerprint density at radius 2 is 1.66 bits per heavy atom. The summed E-state index contributed by atoms with van der Waals surface area (Å²) in [6.45, 7) is 0.757. The normalized spacial score (nSPS) is 16.1. The molecular formula is C24H28N2O2S. The number of hydrogen-bond acceptors (Lipinski definition) is 3. The van der Waals surface area contributed by atoms with E-state index in [1.54, 1.807) is 16.7 Å². The van der Waals surface area contributed by atoms with Gasteiger partial charge in [-0.25, -0.2) is 0 Å². The summed E-state index contributed by atoms with van der Waals surface area (Å²) in [5.41, 5.74) is 2.57. The van der Waals surface area contributed by atoms with Crippen molar-refractivity contribution in [1.82, 2.24) is 10.2 Å². The van der Waals surface area contributed by atoms with Gasteiger partial charge in [0.1, 0.15) is 6.54 Å². The number of aryl methyl sites for hydroxylation is 1. The zero-order chi connectivity index (χ0) is 20.3. The average molecular weight is 409 g/mol. The van der Waals surface area contributed by atoms with Gasteiger partial charge in [-0.05, 0) is 30.4 Å². The Morgan fingerprint density at radius 3 is 2.34 bits per heavy atom. The van der Waals surface area contributed by atoms with E-state index in [2.05, 4.69) is 53.9 Å². The lowest BCUT2D eigenvalue weighted by Gasteiger charge is -2.39. The summed E-state index contributed by atoms with van der Waals surface area (Å²) in [7, 11) is 0. The van der Waals surface area contributed by atoms with E-state index >= 15 is 0 Å². The number of benzene rings is 2. The first-order valence-corrected chi connectivity index (χ1v) is 11.2. The third-order valence-electron chi connectivity index (χ3n) is 4.86. The molecule has 3 rings (SSSR count). The Balaban J connectivity index is 1.28. The third-order valence-corrected chi connectivity index (χ3v) is 6.16. The van der Waals surface area contributed by atoms with Crippen molar-refractivity contribution < 1.29 is 9.59 Å². The Kier molecular flexibility index (Phi) is 8.38. The number of β-lactam (4-membered cyclic amide) rings is 1. The predicted octanol–water partition coefficient (Wildman–Crippen LogP) is 4.17. The van der Waals surface area contributed by atoms with Crippen LogP contribution >= 0.6 is 11.8 Å². The lowest BCUT2D eigenvalue weighted by atomic mass is 10.1. The van der Waals surface area contributed by atoms with Crippen LogP contribution in [-0.2, 0) is 21.8 Å². The Hall–Kier alpha value is -2.53. The van der Waals surface area contributed by atoms with Gasteiger partial charge in [0.2, 0.25) is 11.8 Å². The molecule has 2 amide bonds. The van der Waals surface area contributed by atoms with Gasteiger partial charge in [-0.2, -0.15) is 0 Å². The van der Waals surface area contributed by atoms with Crippen molar-refractivity contribution >= 4 is 23.6 Å². The zero-order valence-electron chi connectivity index (χ0n) is 16.6. The molecule has 1 unspecified atom stereocenters. The molecule has 0 bridgehead atoms. The lowest BCUT2D eigenvalue weighted by Crippen LogP contribution is -2.54. The highest BCUT2D eigenvalue weighted by molar-refractivity contribution is 7.99. The van der Waals surface area contributed by atoms with E-state index in [9.17, 15) is 9.59 Å². The van der Waals surface area contributed by atoms with E-state index in [1.165, 1.54) is 11.1 Å². The molecule has 1 saturated heterocycles. The molecule has 1 aliphatic heterocycles. The molecule has 29 heavy (non-hydrogen) atoms. The Labute approximate surface area is 177 Å². The highest BCUT2D eigenvalue weighted by atomic mass is 32.2. The van der Waals surface area contributed by atoms with Crippen LogP contribution in [0, 0.1) is 0 Å². The summed E-state index contributed by atoms with van der Waals surface area (Å²) < 4.78 is 0. The number of hydrogen-bond donors (Lipinski definition) is 1. The van der Waals surface area contributed by atoms with Crippen LogP contribution < -0.4 is 5.32 Å². The second-order valence-electron chi connectivity index (χ2n) is 7.11. The topological polar surface area (TPSA) is 49.4 Å². The van der Waals surface area contributed by atoms with Gasteiger partial charge in [0, 0.05) is 12.3 Å². The number of amides is 2. The van der Waals surface area contributed by atoms with Crippen LogP contribution in [-0.4, -0.2) is 35.2 Å². The highest BCUT2D eigenvalue weighted by Gasteiger charge is 2.37. The van der Waals surface area contributed by atoms with Crippen molar-refractivity contribution in [2.75, 3.05) is 13.1 Å². The summed E-state index contributed by atoms with van der Waals surface area (Å²) in [6, 6.07) is 20.6. The average Bonchev–Trinajstić information content (AvgIpc) is 2.75. The molecule has 1 aliphatic rings. The molecule has 152 valence electrons. The lowest BCUT2D eigenvalue weighted by molar-refractivity contribution is -0.145. The van der Waals surface area contributed by atoms with E-state index in [0.29, 0.717) is 13.0 Å². The van der Waals surface area contributed by atoms with Crippen LogP contribution in [0.15, 0.2) is 72.8 Å². The van der Waals surface area contributed by atoms with Crippen LogP contribution in [0.2, 0.25) is 0 Å². The van der Waals surface area contributed by atoms with Crippen molar-refractivity contribution in [3.8, 4) is 0 Å². The number of likely N-dealkylation sites (tertiary alicyclic amines) is 1. The number of carbonyl (C=O) groups excluding carboxylic acids is 2. The van der Waals surface area contributed by atoms with E-state index in [-0.39, 0.29) is 23.7 Å². The first-order valence-electron chi connectivity index (χ1n) is 10.1. The molecular weight excluding hydrogens is 380 g/mol. The number of nitrogens with one attached hydrogen (secondary N) is 1. The molecule has 0 aliphatic carbocycles. The van der Waals surface area contributed by atoms with Gasteiger partial charge in [-0.15, -0.1) is 11.8 Å². The molecule has 1 fully saturated rings. The predicted molar refractivity (Wildman–Crippen MR) is 119 cm³/mol. The largest absolute Gasteiger partial charge is 0.354 e. The van der Waals surface area contributed by atoms with Crippen molar-refractivity contribution in [3.05, 3.63) is 83.9 Å². The molecule has 2 aromatic rings. The molecule has 0 saturated carbocycles. The van der Waals surface area contributed by atoms with Crippen molar-refractivity contribution in [1.29, 1.82) is 0 Å². The minimum atomic E-state index is -0.0824. The first kappa shape index (κ1) is 21.2. The van der Waals surface area contributed by atoms with Crippen molar-refractivity contribution in [2.24, 2.45) is 0 Å². The third kappa shape index (κ3) is 7.09. The monoisotopic (exact) mass is 408 g/mol. The first-order chi connectivity index (χ1) is 14.2. The number of carbonyl (C=O) groups is 2. The Bertz CT molecular complexity index is 808. The minimum absolute atomic E-state index is 0.0616. The van der Waals surface area contributed by atoms with Gasteiger partial charge in [-0.3, -0.25) is 9.59 Å². The van der Waals surface area contributed by atoms with Gasteiger partial charge in [0.25, 0.3) is 0 Å². The molecule has 0 aromatic heterocycles. The fraction of sp³-hybridized carbons (Fsp3) is 0.333. The van der Waals surface area contributed by atoms with Gasteiger partial charge in [0.15, 0.2) is 0 Å². The van der Waals surface area contributed by atoms with E-state index in [4.69, 9.17) is 0 Å². The molecule has 1 atom stereocenters. The maximum atomic E-state index is 12.1.